The molecule has 29 heavy (non-hydrogen) atoms. The summed E-state index contributed by atoms with van der Waals surface area (Å²) < 4.78 is 36.7. The molecular formula is C20H30N2O6S. The number of anilines is 1. The lowest BCUT2D eigenvalue weighted by atomic mass is 9.96. The summed E-state index contributed by atoms with van der Waals surface area (Å²) in [6.07, 6.45) is 2.08. The Hall–Kier alpha value is -2.29. The van der Waals surface area contributed by atoms with E-state index in [2.05, 4.69) is 0 Å². The molecule has 9 heteroatoms. The summed E-state index contributed by atoms with van der Waals surface area (Å²) in [6.45, 7) is 6.28. The van der Waals surface area contributed by atoms with Crippen LogP contribution in [0.15, 0.2) is 18.2 Å². The van der Waals surface area contributed by atoms with Crippen LogP contribution in [-0.2, 0) is 24.3 Å². The summed E-state index contributed by atoms with van der Waals surface area (Å²) >= 11 is 0. The molecule has 0 unspecified atom stereocenters. The number of aryl methyl sites for hydroxylation is 1. The number of esters is 1. The van der Waals surface area contributed by atoms with Gasteiger partial charge in [-0.05, 0) is 51.3 Å². The van der Waals surface area contributed by atoms with Gasteiger partial charge < -0.3 is 14.4 Å². The Morgan fingerprint density at radius 1 is 1.28 bits per heavy atom. The van der Waals surface area contributed by atoms with Crippen LogP contribution in [-0.4, -0.2) is 64.3 Å². The summed E-state index contributed by atoms with van der Waals surface area (Å²) in [5.41, 5.74) is 1.18. The number of hydrogen-bond donors (Lipinski definition) is 0. The number of piperidine rings is 1. The van der Waals surface area contributed by atoms with Crippen LogP contribution in [0.2, 0.25) is 0 Å². The van der Waals surface area contributed by atoms with Crippen molar-refractivity contribution in [1.29, 1.82) is 0 Å². The first-order chi connectivity index (χ1) is 13.6. The number of carbonyl (C=O) groups is 2. The SMILES string of the molecule is CCOC(=O)C1CCN(C(=O)[C@@H](C)N(c2cc(C)ccc2OC)S(C)(=O)=O)CC1. The second-order valence-electron chi connectivity index (χ2n) is 7.26. The lowest BCUT2D eigenvalue weighted by Crippen LogP contribution is -2.51. The maximum Gasteiger partial charge on any atom is 0.309 e. The molecule has 0 N–H and O–H groups in total. The molecule has 0 spiro atoms. The Morgan fingerprint density at radius 3 is 2.41 bits per heavy atom. The van der Waals surface area contributed by atoms with Crippen LogP contribution in [0.3, 0.4) is 0 Å². The molecule has 0 radical (unpaired) electrons. The highest BCUT2D eigenvalue weighted by molar-refractivity contribution is 7.92. The first kappa shape index (κ1) is 23.0. The highest BCUT2D eigenvalue weighted by Crippen LogP contribution is 2.33. The zero-order chi connectivity index (χ0) is 21.8. The van der Waals surface area contributed by atoms with Crippen LogP contribution in [0.5, 0.6) is 5.75 Å². The molecule has 8 nitrogen and oxygen atoms in total. The number of hydrogen-bond acceptors (Lipinski definition) is 6. The predicted octanol–water partition coefficient (Wildman–Crippen LogP) is 1.96. The van der Waals surface area contributed by atoms with Gasteiger partial charge in [-0.15, -0.1) is 0 Å². The molecule has 1 heterocycles. The molecule has 1 aliphatic rings. The van der Waals surface area contributed by atoms with Gasteiger partial charge in [-0.2, -0.15) is 0 Å². The molecule has 0 bridgehead atoms. The summed E-state index contributed by atoms with van der Waals surface area (Å²) in [5, 5.41) is 0. The van der Waals surface area contributed by atoms with E-state index in [1.54, 1.807) is 30.9 Å². The Balaban J connectivity index is 2.23. The lowest BCUT2D eigenvalue weighted by Gasteiger charge is -2.36. The summed E-state index contributed by atoms with van der Waals surface area (Å²) in [6, 6.07) is 4.25. The fourth-order valence-electron chi connectivity index (χ4n) is 3.61. The second kappa shape index (κ2) is 9.47. The van der Waals surface area contributed by atoms with Crippen LogP contribution >= 0.6 is 0 Å². The van der Waals surface area contributed by atoms with Gasteiger partial charge in [0.25, 0.3) is 0 Å². The van der Waals surface area contributed by atoms with Gasteiger partial charge in [0, 0.05) is 13.1 Å². The Kier molecular flexibility index (Phi) is 7.51. The minimum Gasteiger partial charge on any atom is -0.495 e. The van der Waals surface area contributed by atoms with E-state index in [9.17, 15) is 18.0 Å². The van der Waals surface area contributed by atoms with Crippen molar-refractivity contribution in [3.63, 3.8) is 0 Å². The van der Waals surface area contributed by atoms with Crippen molar-refractivity contribution < 1.29 is 27.5 Å². The van der Waals surface area contributed by atoms with Crippen molar-refractivity contribution in [2.45, 2.75) is 39.7 Å². The van der Waals surface area contributed by atoms with Gasteiger partial charge in [-0.3, -0.25) is 13.9 Å². The van der Waals surface area contributed by atoms with Crippen molar-refractivity contribution in [3.8, 4) is 5.75 Å². The van der Waals surface area contributed by atoms with Crippen molar-refractivity contribution >= 4 is 27.6 Å². The number of amides is 1. The first-order valence-corrected chi connectivity index (χ1v) is 11.5. The highest BCUT2D eigenvalue weighted by Gasteiger charge is 2.36. The molecule has 0 aromatic heterocycles. The van der Waals surface area contributed by atoms with Crippen molar-refractivity contribution in [2.24, 2.45) is 5.92 Å². The number of likely N-dealkylation sites (tertiary alicyclic amines) is 1. The first-order valence-electron chi connectivity index (χ1n) is 9.69. The number of nitrogens with zero attached hydrogens (tertiary/aromatic N) is 2. The third kappa shape index (κ3) is 5.41. The molecule has 1 aliphatic heterocycles. The standard InChI is InChI=1S/C20H30N2O6S/c1-6-28-20(24)16-9-11-21(12-10-16)19(23)15(3)22(29(5,25)26)17-13-14(2)7-8-18(17)27-4/h7-8,13,15-16H,6,9-12H2,1-5H3/t15-/m1/s1. The fraction of sp³-hybridized carbons (Fsp3) is 0.600. The smallest absolute Gasteiger partial charge is 0.309 e. The van der Waals surface area contributed by atoms with Gasteiger partial charge in [0.2, 0.25) is 15.9 Å². The minimum atomic E-state index is -3.75. The number of benzene rings is 1. The second-order valence-corrected chi connectivity index (χ2v) is 9.12. The average Bonchev–Trinajstić information content (AvgIpc) is 2.67. The van der Waals surface area contributed by atoms with E-state index in [0.717, 1.165) is 16.1 Å². The van der Waals surface area contributed by atoms with Gasteiger partial charge in [-0.25, -0.2) is 8.42 Å². The number of rotatable bonds is 7. The third-order valence-corrected chi connectivity index (χ3v) is 6.29. The van der Waals surface area contributed by atoms with Crippen molar-refractivity contribution in [1.82, 2.24) is 4.90 Å². The van der Waals surface area contributed by atoms with Gasteiger partial charge in [-0.1, -0.05) is 6.07 Å². The van der Waals surface area contributed by atoms with Gasteiger partial charge >= 0.3 is 5.97 Å². The van der Waals surface area contributed by atoms with E-state index in [0.29, 0.717) is 44.0 Å². The van der Waals surface area contributed by atoms with Gasteiger partial charge in [0.05, 0.1) is 31.6 Å². The summed E-state index contributed by atoms with van der Waals surface area (Å²) in [7, 11) is -2.29. The van der Waals surface area contributed by atoms with Gasteiger partial charge in [0.15, 0.2) is 0 Å². The van der Waals surface area contributed by atoms with Crippen LogP contribution in [0.4, 0.5) is 5.69 Å². The van der Waals surface area contributed by atoms with E-state index in [-0.39, 0.29) is 17.8 Å². The zero-order valence-corrected chi connectivity index (χ0v) is 18.5. The molecular weight excluding hydrogens is 396 g/mol. The van der Waals surface area contributed by atoms with Crippen molar-refractivity contribution in [2.75, 3.05) is 37.4 Å². The Bertz CT molecular complexity index is 847. The van der Waals surface area contributed by atoms with Crippen LogP contribution < -0.4 is 9.04 Å². The molecule has 2 rings (SSSR count). The van der Waals surface area contributed by atoms with E-state index in [4.69, 9.17) is 9.47 Å². The molecule has 0 saturated carbocycles. The molecule has 1 fully saturated rings. The molecule has 1 aromatic rings. The largest absolute Gasteiger partial charge is 0.495 e. The maximum atomic E-state index is 13.1. The molecule has 0 aliphatic carbocycles. The molecule has 1 aromatic carbocycles. The average molecular weight is 427 g/mol. The summed E-state index contributed by atoms with van der Waals surface area (Å²) in [4.78, 5) is 26.6. The Labute approximate surface area is 172 Å². The van der Waals surface area contributed by atoms with E-state index in [1.807, 2.05) is 13.0 Å². The lowest BCUT2D eigenvalue weighted by molar-refractivity contribution is -0.151. The molecule has 1 amide bonds. The molecule has 1 atom stereocenters. The predicted molar refractivity (Wildman–Crippen MR) is 110 cm³/mol. The third-order valence-electron chi connectivity index (χ3n) is 5.06. The van der Waals surface area contributed by atoms with E-state index in [1.165, 1.54) is 7.11 Å². The van der Waals surface area contributed by atoms with Crippen LogP contribution in [0.1, 0.15) is 32.3 Å². The quantitative estimate of drug-likeness (QED) is 0.619. The maximum absolute atomic E-state index is 13.1. The topological polar surface area (TPSA) is 93.2 Å². The van der Waals surface area contributed by atoms with E-state index < -0.39 is 16.1 Å². The molecule has 1 saturated heterocycles. The zero-order valence-electron chi connectivity index (χ0n) is 17.7. The van der Waals surface area contributed by atoms with Crippen LogP contribution in [0, 0.1) is 12.8 Å². The Morgan fingerprint density at radius 2 is 1.90 bits per heavy atom. The monoisotopic (exact) mass is 426 g/mol. The number of carbonyl (C=O) groups excluding carboxylic acids is 2. The van der Waals surface area contributed by atoms with Gasteiger partial charge in [0.1, 0.15) is 11.8 Å². The number of sulfonamides is 1. The highest BCUT2D eigenvalue weighted by atomic mass is 32.2. The number of methoxy groups -OCH3 is 1. The van der Waals surface area contributed by atoms with Crippen LogP contribution in [0.25, 0.3) is 0 Å². The van der Waals surface area contributed by atoms with E-state index >= 15 is 0 Å². The minimum absolute atomic E-state index is 0.225. The normalized spacial score (nSPS) is 16.2. The summed E-state index contributed by atoms with van der Waals surface area (Å²) in [5.74, 6) is -0.393. The number of ether oxygens (including phenoxy) is 2. The van der Waals surface area contributed by atoms with Crippen molar-refractivity contribution in [3.05, 3.63) is 23.8 Å². The fourth-order valence-corrected chi connectivity index (χ4v) is 4.77. The molecule has 162 valence electrons.